The van der Waals surface area contributed by atoms with Crippen LogP contribution in [0, 0.1) is 13.8 Å². The van der Waals surface area contributed by atoms with E-state index >= 15 is 0 Å². The van der Waals surface area contributed by atoms with Gasteiger partial charge in [-0.05, 0) is 54.8 Å². The second-order valence-corrected chi connectivity index (χ2v) is 5.50. The fraction of sp³-hybridized carbons (Fsp3) is 0.263. The molecule has 0 aromatic heterocycles. The van der Waals surface area contributed by atoms with Crippen LogP contribution in [0.1, 0.15) is 39.9 Å². The molecule has 0 heterocycles. The Balaban J connectivity index is 1.97. The number of hydrogen-bond donors (Lipinski definition) is 1. The van der Waals surface area contributed by atoms with Crippen LogP contribution in [0.4, 0.5) is 0 Å². The average Bonchev–Trinajstić information content (AvgIpc) is 2.52. The molecule has 0 aliphatic carbocycles. The van der Waals surface area contributed by atoms with Gasteiger partial charge in [-0.15, -0.1) is 0 Å². The molecular formula is C19H20O4. The number of carbonyl (C=O) groups is 2. The molecule has 4 heteroatoms. The van der Waals surface area contributed by atoms with Crippen molar-refractivity contribution in [2.24, 2.45) is 0 Å². The van der Waals surface area contributed by atoms with Gasteiger partial charge < -0.3 is 9.84 Å². The van der Waals surface area contributed by atoms with Crippen LogP contribution in [0.5, 0.6) is 5.75 Å². The van der Waals surface area contributed by atoms with E-state index in [2.05, 4.69) is 26.0 Å². The number of hydrogen-bond acceptors (Lipinski definition) is 3. The van der Waals surface area contributed by atoms with E-state index in [1.54, 1.807) is 24.3 Å². The highest BCUT2D eigenvalue weighted by atomic mass is 16.5. The Morgan fingerprint density at radius 3 is 2.13 bits per heavy atom. The van der Waals surface area contributed by atoms with Crippen LogP contribution in [-0.4, -0.2) is 16.9 Å². The van der Waals surface area contributed by atoms with Gasteiger partial charge in [-0.25, -0.2) is 0 Å². The fourth-order valence-corrected chi connectivity index (χ4v) is 2.33. The molecular weight excluding hydrogens is 292 g/mol. The molecule has 0 fully saturated rings. The summed E-state index contributed by atoms with van der Waals surface area (Å²) in [4.78, 5) is 22.3. The summed E-state index contributed by atoms with van der Waals surface area (Å²) in [6.07, 6.45) is -0.137. The summed E-state index contributed by atoms with van der Waals surface area (Å²) in [5.41, 5.74) is 4.04. The third kappa shape index (κ3) is 4.68. The molecule has 0 amide bonds. The average molecular weight is 312 g/mol. The van der Waals surface area contributed by atoms with Crippen molar-refractivity contribution < 1.29 is 19.4 Å². The lowest BCUT2D eigenvalue weighted by Gasteiger charge is -2.11. The maximum atomic E-state index is 11.8. The van der Waals surface area contributed by atoms with Crippen LogP contribution < -0.4 is 4.74 Å². The monoisotopic (exact) mass is 312 g/mol. The first-order chi connectivity index (χ1) is 11.0. The van der Waals surface area contributed by atoms with E-state index in [9.17, 15) is 9.59 Å². The van der Waals surface area contributed by atoms with Gasteiger partial charge in [0.25, 0.3) is 0 Å². The van der Waals surface area contributed by atoms with Crippen LogP contribution in [0.2, 0.25) is 0 Å². The number of ketones is 1. The van der Waals surface area contributed by atoms with E-state index in [1.165, 1.54) is 11.1 Å². The Bertz CT molecular complexity index is 682. The lowest BCUT2D eigenvalue weighted by Crippen LogP contribution is -2.04. The molecule has 23 heavy (non-hydrogen) atoms. The molecule has 0 spiro atoms. The van der Waals surface area contributed by atoms with Crippen LogP contribution >= 0.6 is 0 Å². The number of carboxylic acids is 1. The van der Waals surface area contributed by atoms with Crippen molar-refractivity contribution >= 4 is 11.8 Å². The first kappa shape index (κ1) is 16.7. The van der Waals surface area contributed by atoms with Crippen molar-refractivity contribution in [3.63, 3.8) is 0 Å². The SMILES string of the molecule is Cc1cccc(C)c1COc1ccc(C(=O)CCC(=O)O)cc1. The molecule has 4 nitrogen and oxygen atoms in total. The van der Waals surface area contributed by atoms with E-state index < -0.39 is 5.97 Å². The zero-order chi connectivity index (χ0) is 16.8. The molecule has 0 unspecified atom stereocenters. The fourth-order valence-electron chi connectivity index (χ4n) is 2.33. The van der Waals surface area contributed by atoms with Crippen molar-refractivity contribution in [1.29, 1.82) is 0 Å². The molecule has 0 atom stereocenters. The second kappa shape index (κ2) is 7.58. The molecule has 0 aliphatic rings. The summed E-state index contributed by atoms with van der Waals surface area (Å²) in [5, 5.41) is 8.60. The lowest BCUT2D eigenvalue weighted by atomic mass is 10.0. The maximum absolute atomic E-state index is 11.8. The first-order valence-electron chi connectivity index (χ1n) is 7.50. The van der Waals surface area contributed by atoms with Crippen LogP contribution in [0.3, 0.4) is 0 Å². The zero-order valence-electron chi connectivity index (χ0n) is 13.3. The van der Waals surface area contributed by atoms with E-state index in [4.69, 9.17) is 9.84 Å². The van der Waals surface area contributed by atoms with Crippen LogP contribution in [-0.2, 0) is 11.4 Å². The summed E-state index contributed by atoms with van der Waals surface area (Å²) in [6.45, 7) is 4.58. The summed E-state index contributed by atoms with van der Waals surface area (Å²) in [6, 6.07) is 12.9. The number of ether oxygens (including phenoxy) is 1. The number of aryl methyl sites for hydroxylation is 2. The molecule has 120 valence electrons. The molecule has 2 aromatic rings. The Kier molecular flexibility index (Phi) is 5.52. The van der Waals surface area contributed by atoms with Gasteiger partial charge in [0.05, 0.1) is 6.42 Å². The summed E-state index contributed by atoms with van der Waals surface area (Å²) < 4.78 is 5.78. The Hall–Kier alpha value is -2.62. The highest BCUT2D eigenvalue weighted by Gasteiger charge is 2.09. The first-order valence-corrected chi connectivity index (χ1v) is 7.50. The minimum atomic E-state index is -0.966. The third-order valence-electron chi connectivity index (χ3n) is 3.77. The predicted molar refractivity (Wildman–Crippen MR) is 87.9 cm³/mol. The number of Topliss-reactive ketones (excluding diaryl/α,β-unsaturated/α-hetero) is 1. The summed E-state index contributed by atoms with van der Waals surface area (Å²) >= 11 is 0. The maximum Gasteiger partial charge on any atom is 0.303 e. The quantitative estimate of drug-likeness (QED) is 0.787. The van der Waals surface area contributed by atoms with Gasteiger partial charge in [-0.3, -0.25) is 9.59 Å². The molecule has 0 radical (unpaired) electrons. The standard InChI is InChI=1S/C19H20O4/c1-13-4-3-5-14(2)17(13)12-23-16-8-6-15(7-9-16)18(20)10-11-19(21)22/h3-9H,10-12H2,1-2H3,(H,21,22). The molecule has 0 aliphatic heterocycles. The smallest absolute Gasteiger partial charge is 0.303 e. The highest BCUT2D eigenvalue weighted by molar-refractivity contribution is 5.97. The zero-order valence-corrected chi connectivity index (χ0v) is 13.3. The van der Waals surface area contributed by atoms with Crippen molar-refractivity contribution in [3.05, 3.63) is 64.7 Å². The molecule has 0 saturated carbocycles. The van der Waals surface area contributed by atoms with Crippen molar-refractivity contribution in [2.75, 3.05) is 0 Å². The minimum absolute atomic E-state index is 0.0118. The minimum Gasteiger partial charge on any atom is -0.489 e. The van der Waals surface area contributed by atoms with Crippen LogP contribution in [0.15, 0.2) is 42.5 Å². The topological polar surface area (TPSA) is 63.6 Å². The van der Waals surface area contributed by atoms with Gasteiger partial charge in [-0.2, -0.15) is 0 Å². The summed E-state index contributed by atoms with van der Waals surface area (Å²) in [7, 11) is 0. The van der Waals surface area contributed by atoms with Gasteiger partial charge in [0.1, 0.15) is 12.4 Å². The lowest BCUT2D eigenvalue weighted by molar-refractivity contribution is -0.136. The van der Waals surface area contributed by atoms with E-state index in [-0.39, 0.29) is 18.6 Å². The van der Waals surface area contributed by atoms with Gasteiger partial charge in [0.2, 0.25) is 0 Å². The Morgan fingerprint density at radius 1 is 0.957 bits per heavy atom. The molecule has 0 bridgehead atoms. The van der Waals surface area contributed by atoms with Gasteiger partial charge >= 0.3 is 5.97 Å². The second-order valence-electron chi connectivity index (χ2n) is 5.50. The van der Waals surface area contributed by atoms with Gasteiger partial charge in [0.15, 0.2) is 5.78 Å². The number of benzene rings is 2. The van der Waals surface area contributed by atoms with Crippen LogP contribution in [0.25, 0.3) is 0 Å². The van der Waals surface area contributed by atoms with Crippen molar-refractivity contribution in [2.45, 2.75) is 33.3 Å². The number of aliphatic carboxylic acids is 1. The van der Waals surface area contributed by atoms with E-state index in [0.717, 1.165) is 5.56 Å². The molecule has 0 saturated heterocycles. The molecule has 2 rings (SSSR count). The Labute approximate surface area is 135 Å². The number of rotatable bonds is 7. The Morgan fingerprint density at radius 2 is 1.57 bits per heavy atom. The van der Waals surface area contributed by atoms with Gasteiger partial charge in [-0.1, -0.05) is 18.2 Å². The molecule has 1 N–H and O–H groups in total. The van der Waals surface area contributed by atoms with E-state index in [1.807, 2.05) is 6.07 Å². The van der Waals surface area contributed by atoms with Crippen molar-refractivity contribution in [3.8, 4) is 5.75 Å². The largest absolute Gasteiger partial charge is 0.489 e. The normalized spacial score (nSPS) is 10.3. The van der Waals surface area contributed by atoms with Gasteiger partial charge in [0, 0.05) is 12.0 Å². The summed E-state index contributed by atoms with van der Waals surface area (Å²) in [5.74, 6) is -0.456. The van der Waals surface area contributed by atoms with E-state index in [0.29, 0.717) is 17.9 Å². The third-order valence-corrected chi connectivity index (χ3v) is 3.77. The highest BCUT2D eigenvalue weighted by Crippen LogP contribution is 2.19. The van der Waals surface area contributed by atoms with Crippen molar-refractivity contribution in [1.82, 2.24) is 0 Å². The molecule has 2 aromatic carbocycles. The predicted octanol–water partition coefficient (Wildman–Crippen LogP) is 3.93. The number of carbonyl (C=O) groups excluding carboxylic acids is 1. The number of carboxylic acid groups (broad SMARTS) is 1.